The fourth-order valence-electron chi connectivity index (χ4n) is 1.74. The van der Waals surface area contributed by atoms with Crippen molar-refractivity contribution in [2.45, 2.75) is 0 Å². The Kier molecular flexibility index (Phi) is 3.66. The number of benzene rings is 1. The summed E-state index contributed by atoms with van der Waals surface area (Å²) in [6.45, 7) is 0.510. The maximum absolute atomic E-state index is 9.17. The van der Waals surface area contributed by atoms with Crippen LogP contribution in [-0.4, -0.2) is 30.3 Å². The first kappa shape index (κ1) is 12.6. The van der Waals surface area contributed by atoms with Crippen LogP contribution in [0.4, 0.5) is 5.82 Å². The van der Waals surface area contributed by atoms with Crippen molar-refractivity contribution < 1.29 is 5.11 Å². The molecule has 0 aliphatic rings. The lowest BCUT2D eigenvalue weighted by atomic mass is 10.1. The third-order valence-electron chi connectivity index (χ3n) is 2.70. The van der Waals surface area contributed by atoms with Gasteiger partial charge in [-0.1, -0.05) is 11.6 Å². The van der Waals surface area contributed by atoms with Gasteiger partial charge in [-0.25, -0.2) is 4.98 Å². The van der Waals surface area contributed by atoms with Crippen LogP contribution >= 0.6 is 11.6 Å². The molecule has 2 rings (SSSR count). The molecule has 1 heterocycles. The summed E-state index contributed by atoms with van der Waals surface area (Å²) in [6.07, 6.45) is 0. The van der Waals surface area contributed by atoms with Crippen molar-refractivity contribution in [3.8, 4) is 6.07 Å². The zero-order chi connectivity index (χ0) is 13.1. The number of aromatic nitrogens is 1. The van der Waals surface area contributed by atoms with Crippen LogP contribution in [0.25, 0.3) is 10.9 Å². The number of likely N-dealkylation sites (N-methyl/N-ethyl adjacent to an activating group) is 1. The van der Waals surface area contributed by atoms with E-state index >= 15 is 0 Å². The van der Waals surface area contributed by atoms with Gasteiger partial charge < -0.3 is 10.0 Å². The highest BCUT2D eigenvalue weighted by Gasteiger charge is 2.09. The van der Waals surface area contributed by atoms with Crippen molar-refractivity contribution in [3.05, 3.63) is 34.9 Å². The van der Waals surface area contributed by atoms with Gasteiger partial charge in [-0.15, -0.1) is 0 Å². The molecule has 0 atom stereocenters. The zero-order valence-electron chi connectivity index (χ0n) is 9.89. The lowest BCUT2D eigenvalue weighted by Gasteiger charge is -2.17. The van der Waals surface area contributed by atoms with Gasteiger partial charge >= 0.3 is 0 Å². The van der Waals surface area contributed by atoms with Crippen molar-refractivity contribution in [3.63, 3.8) is 0 Å². The molecule has 0 amide bonds. The van der Waals surface area contributed by atoms with Crippen molar-refractivity contribution >= 4 is 28.3 Å². The van der Waals surface area contributed by atoms with E-state index in [1.54, 1.807) is 29.2 Å². The lowest BCUT2D eigenvalue weighted by molar-refractivity contribution is 0.304. The molecule has 92 valence electrons. The van der Waals surface area contributed by atoms with Crippen molar-refractivity contribution in [2.24, 2.45) is 0 Å². The molecule has 0 saturated carbocycles. The first-order valence-electron chi connectivity index (χ1n) is 5.48. The van der Waals surface area contributed by atoms with Crippen molar-refractivity contribution in [2.75, 3.05) is 25.1 Å². The molecule has 0 radical (unpaired) electrons. The van der Waals surface area contributed by atoms with Gasteiger partial charge in [0.25, 0.3) is 0 Å². The first-order valence-corrected chi connectivity index (χ1v) is 5.86. The summed E-state index contributed by atoms with van der Waals surface area (Å²) in [7, 11) is 1.82. The maximum atomic E-state index is 9.17. The molecule has 1 aromatic carbocycles. The Morgan fingerprint density at radius 2 is 2.22 bits per heavy atom. The number of pyridine rings is 1. The molecule has 0 bridgehead atoms. The third-order valence-corrected chi connectivity index (χ3v) is 2.94. The van der Waals surface area contributed by atoms with E-state index in [0.29, 0.717) is 22.9 Å². The number of rotatable bonds is 3. The third kappa shape index (κ3) is 2.37. The van der Waals surface area contributed by atoms with E-state index in [2.05, 4.69) is 11.1 Å². The summed E-state index contributed by atoms with van der Waals surface area (Å²) in [4.78, 5) is 6.25. The van der Waals surface area contributed by atoms with Gasteiger partial charge in [0.1, 0.15) is 5.82 Å². The fourth-order valence-corrected chi connectivity index (χ4v) is 1.91. The lowest BCUT2D eigenvalue weighted by Crippen LogP contribution is -2.22. The number of halogens is 1. The molecule has 0 unspecified atom stereocenters. The molecule has 1 N–H and O–H groups in total. The SMILES string of the molecule is CN(CCO)c1cc(C#N)c2cc(Cl)ccc2n1. The van der Waals surface area contributed by atoms with Gasteiger partial charge in [0, 0.05) is 24.0 Å². The number of anilines is 1. The van der Waals surface area contributed by atoms with Crippen LogP contribution in [0.3, 0.4) is 0 Å². The minimum absolute atomic E-state index is 0.0404. The van der Waals surface area contributed by atoms with E-state index in [1.807, 2.05) is 7.05 Å². The Bertz CT molecular complexity index is 621. The zero-order valence-corrected chi connectivity index (χ0v) is 10.6. The van der Waals surface area contributed by atoms with Crippen molar-refractivity contribution in [1.82, 2.24) is 4.98 Å². The van der Waals surface area contributed by atoms with Crippen LogP contribution in [0.2, 0.25) is 5.02 Å². The Hall–Kier alpha value is -1.83. The maximum Gasteiger partial charge on any atom is 0.130 e. The molecule has 2 aromatic rings. The number of aliphatic hydroxyl groups excluding tert-OH is 1. The molecule has 0 fully saturated rings. The molecule has 5 heteroatoms. The fraction of sp³-hybridized carbons (Fsp3) is 0.231. The average Bonchev–Trinajstić information content (AvgIpc) is 2.37. The normalized spacial score (nSPS) is 10.3. The van der Waals surface area contributed by atoms with Crippen molar-refractivity contribution in [1.29, 1.82) is 5.26 Å². The van der Waals surface area contributed by atoms with E-state index < -0.39 is 0 Å². The highest BCUT2D eigenvalue weighted by molar-refractivity contribution is 6.31. The number of nitriles is 1. The number of hydrogen-bond acceptors (Lipinski definition) is 4. The first-order chi connectivity index (χ1) is 8.65. The molecular weight excluding hydrogens is 250 g/mol. The second-order valence-corrected chi connectivity index (χ2v) is 4.38. The molecule has 0 aliphatic carbocycles. The van der Waals surface area contributed by atoms with Gasteiger partial charge in [-0.2, -0.15) is 5.26 Å². The quantitative estimate of drug-likeness (QED) is 0.920. The van der Waals surface area contributed by atoms with Crippen LogP contribution < -0.4 is 4.90 Å². The topological polar surface area (TPSA) is 60.1 Å². The van der Waals surface area contributed by atoms with Gasteiger partial charge in [-0.05, 0) is 24.3 Å². The Labute approximate surface area is 110 Å². The van der Waals surface area contributed by atoms with Gasteiger partial charge in [0.15, 0.2) is 0 Å². The van der Waals surface area contributed by atoms with E-state index in [-0.39, 0.29) is 6.61 Å². The Balaban J connectivity index is 2.60. The van der Waals surface area contributed by atoms with Crippen LogP contribution in [0.5, 0.6) is 0 Å². The predicted octanol–water partition coefficient (Wildman–Crippen LogP) is 2.19. The average molecular weight is 262 g/mol. The summed E-state index contributed by atoms with van der Waals surface area (Å²) in [5, 5.41) is 19.4. The highest BCUT2D eigenvalue weighted by Crippen LogP contribution is 2.24. The summed E-state index contributed by atoms with van der Waals surface area (Å²) < 4.78 is 0. The summed E-state index contributed by atoms with van der Waals surface area (Å²) in [6, 6.07) is 9.11. The largest absolute Gasteiger partial charge is 0.395 e. The monoisotopic (exact) mass is 261 g/mol. The van der Waals surface area contributed by atoms with Gasteiger partial charge in [-0.3, -0.25) is 0 Å². The number of fused-ring (bicyclic) bond motifs is 1. The summed E-state index contributed by atoms with van der Waals surface area (Å²) in [5.74, 6) is 0.662. The minimum Gasteiger partial charge on any atom is -0.395 e. The second-order valence-electron chi connectivity index (χ2n) is 3.95. The van der Waals surface area contributed by atoms with Crippen LogP contribution in [0.15, 0.2) is 24.3 Å². The standard InChI is InChI=1S/C13H12ClN3O/c1-17(4-5-18)13-6-9(8-15)11-7-10(14)2-3-12(11)16-13/h2-3,6-7,18H,4-5H2,1H3. The van der Waals surface area contributed by atoms with Gasteiger partial charge in [0.2, 0.25) is 0 Å². The molecule has 0 aliphatic heterocycles. The predicted molar refractivity (Wildman–Crippen MR) is 71.8 cm³/mol. The molecule has 0 saturated heterocycles. The van der Waals surface area contributed by atoms with E-state index in [4.69, 9.17) is 16.7 Å². The summed E-state index contributed by atoms with van der Waals surface area (Å²) in [5.41, 5.74) is 1.25. The second kappa shape index (κ2) is 5.21. The molecule has 4 nitrogen and oxygen atoms in total. The molecule has 0 spiro atoms. The van der Waals surface area contributed by atoms with Crippen LogP contribution in [0.1, 0.15) is 5.56 Å². The number of aliphatic hydroxyl groups is 1. The molecular formula is C13H12ClN3O. The number of nitrogens with zero attached hydrogens (tertiary/aromatic N) is 3. The number of hydrogen-bond donors (Lipinski definition) is 1. The smallest absolute Gasteiger partial charge is 0.130 e. The van der Waals surface area contributed by atoms with E-state index in [9.17, 15) is 5.26 Å². The van der Waals surface area contributed by atoms with Crippen LogP contribution in [0, 0.1) is 11.3 Å². The van der Waals surface area contributed by atoms with E-state index in [0.717, 1.165) is 10.9 Å². The summed E-state index contributed by atoms with van der Waals surface area (Å²) >= 11 is 5.92. The molecule has 1 aromatic heterocycles. The van der Waals surface area contributed by atoms with Crippen LogP contribution in [-0.2, 0) is 0 Å². The Morgan fingerprint density at radius 1 is 1.44 bits per heavy atom. The molecule has 18 heavy (non-hydrogen) atoms. The minimum atomic E-state index is 0.0404. The Morgan fingerprint density at radius 3 is 2.89 bits per heavy atom. The van der Waals surface area contributed by atoms with E-state index in [1.165, 1.54) is 0 Å². The highest BCUT2D eigenvalue weighted by atomic mass is 35.5. The van der Waals surface area contributed by atoms with Gasteiger partial charge in [0.05, 0.1) is 23.8 Å².